The van der Waals surface area contributed by atoms with Gasteiger partial charge in [0.25, 0.3) is 0 Å². The quantitative estimate of drug-likeness (QED) is 0.528. The minimum atomic E-state index is -0.996. The molecule has 0 bridgehead atoms. The number of carboxylic acid groups (broad SMARTS) is 1. The summed E-state index contributed by atoms with van der Waals surface area (Å²) in [6.07, 6.45) is 3.50. The highest BCUT2D eigenvalue weighted by Gasteiger charge is 2.24. The van der Waals surface area contributed by atoms with Gasteiger partial charge in [0.2, 0.25) is 0 Å². The third-order valence-corrected chi connectivity index (χ3v) is 3.08. The summed E-state index contributed by atoms with van der Waals surface area (Å²) in [5.41, 5.74) is 0. The van der Waals surface area contributed by atoms with Crippen LogP contribution in [0.3, 0.4) is 0 Å². The molecule has 0 aliphatic carbocycles. The molecule has 6 nitrogen and oxygen atoms in total. The van der Waals surface area contributed by atoms with E-state index in [1.807, 2.05) is 13.8 Å². The van der Waals surface area contributed by atoms with E-state index in [-0.39, 0.29) is 5.92 Å². The summed E-state index contributed by atoms with van der Waals surface area (Å²) in [6.45, 7) is 4.98. The van der Waals surface area contributed by atoms with E-state index < -0.39 is 18.0 Å². The molecule has 0 spiro atoms. The molecule has 0 saturated carbocycles. The number of carbonyl (C=O) groups is 2. The van der Waals surface area contributed by atoms with E-state index >= 15 is 0 Å². The lowest BCUT2D eigenvalue weighted by Crippen LogP contribution is -2.49. The minimum Gasteiger partial charge on any atom is -0.480 e. The number of urea groups is 1. The van der Waals surface area contributed by atoms with Crippen molar-refractivity contribution in [2.45, 2.75) is 45.6 Å². The number of aliphatic carboxylic acids is 1. The molecule has 0 aromatic carbocycles. The molecule has 0 rings (SSSR count). The van der Waals surface area contributed by atoms with Gasteiger partial charge in [0.1, 0.15) is 6.04 Å². The first-order valence-electron chi connectivity index (χ1n) is 6.79. The molecular weight excluding hydrogens is 248 g/mol. The Hall–Kier alpha value is -1.30. The monoisotopic (exact) mass is 274 g/mol. The topological polar surface area (TPSA) is 87.7 Å². The first-order valence-corrected chi connectivity index (χ1v) is 6.79. The molecule has 0 heterocycles. The lowest BCUT2D eigenvalue weighted by atomic mass is 9.99. The number of rotatable bonds is 10. The predicted molar refractivity (Wildman–Crippen MR) is 73.1 cm³/mol. The van der Waals surface area contributed by atoms with Crippen LogP contribution in [0.2, 0.25) is 0 Å². The zero-order valence-electron chi connectivity index (χ0n) is 12.1. The van der Waals surface area contributed by atoms with E-state index in [0.717, 1.165) is 25.9 Å². The van der Waals surface area contributed by atoms with Crippen molar-refractivity contribution >= 4 is 12.0 Å². The van der Waals surface area contributed by atoms with E-state index in [0.29, 0.717) is 13.0 Å². The fraction of sp³-hybridized carbons (Fsp3) is 0.846. The smallest absolute Gasteiger partial charge is 0.326 e. The van der Waals surface area contributed by atoms with Crippen LogP contribution in [0.5, 0.6) is 0 Å². The van der Waals surface area contributed by atoms with Gasteiger partial charge in [0, 0.05) is 20.3 Å². The van der Waals surface area contributed by atoms with Gasteiger partial charge in [-0.05, 0) is 25.2 Å². The second-order valence-corrected chi connectivity index (χ2v) is 4.66. The van der Waals surface area contributed by atoms with Crippen LogP contribution in [0.25, 0.3) is 0 Å². The number of methoxy groups -OCH3 is 1. The fourth-order valence-electron chi connectivity index (χ4n) is 1.63. The van der Waals surface area contributed by atoms with Gasteiger partial charge in [-0.1, -0.05) is 20.3 Å². The first kappa shape index (κ1) is 17.7. The van der Waals surface area contributed by atoms with Crippen LogP contribution >= 0.6 is 0 Å². The van der Waals surface area contributed by atoms with Crippen LogP contribution in [-0.4, -0.2) is 43.4 Å². The van der Waals surface area contributed by atoms with Crippen molar-refractivity contribution < 1.29 is 19.4 Å². The van der Waals surface area contributed by atoms with Crippen LogP contribution < -0.4 is 10.6 Å². The van der Waals surface area contributed by atoms with Crippen LogP contribution in [-0.2, 0) is 9.53 Å². The maximum atomic E-state index is 11.6. The number of hydrogen-bond acceptors (Lipinski definition) is 3. The van der Waals surface area contributed by atoms with E-state index in [1.165, 1.54) is 0 Å². The average Bonchev–Trinajstić information content (AvgIpc) is 2.38. The fourth-order valence-corrected chi connectivity index (χ4v) is 1.63. The summed E-state index contributed by atoms with van der Waals surface area (Å²) in [5, 5.41) is 14.2. The molecule has 0 aromatic rings. The van der Waals surface area contributed by atoms with Gasteiger partial charge in [-0.2, -0.15) is 0 Å². The first-order chi connectivity index (χ1) is 9.02. The van der Waals surface area contributed by atoms with Crippen LogP contribution in [0, 0.1) is 5.92 Å². The SMILES string of the molecule is CCC(C)[C@H](NC(=O)NCCCCCOC)C(=O)O. The van der Waals surface area contributed by atoms with Crippen molar-refractivity contribution in [1.82, 2.24) is 10.6 Å². The molecule has 0 radical (unpaired) electrons. The summed E-state index contributed by atoms with van der Waals surface area (Å²) < 4.78 is 4.92. The molecule has 1 unspecified atom stereocenters. The van der Waals surface area contributed by atoms with Crippen molar-refractivity contribution in [2.75, 3.05) is 20.3 Å². The summed E-state index contributed by atoms with van der Waals surface area (Å²) in [6, 6.07) is -1.25. The lowest BCUT2D eigenvalue weighted by Gasteiger charge is -2.20. The summed E-state index contributed by atoms with van der Waals surface area (Å²) in [7, 11) is 1.66. The highest BCUT2D eigenvalue weighted by atomic mass is 16.5. The Morgan fingerprint density at radius 3 is 2.47 bits per heavy atom. The molecule has 3 N–H and O–H groups in total. The second-order valence-electron chi connectivity index (χ2n) is 4.66. The van der Waals surface area contributed by atoms with Crippen LogP contribution in [0.1, 0.15) is 39.5 Å². The highest BCUT2D eigenvalue weighted by Crippen LogP contribution is 2.07. The highest BCUT2D eigenvalue weighted by molar-refractivity contribution is 5.82. The number of unbranched alkanes of at least 4 members (excludes halogenated alkanes) is 2. The van der Waals surface area contributed by atoms with Gasteiger partial charge in [-0.15, -0.1) is 0 Å². The maximum Gasteiger partial charge on any atom is 0.326 e. The Labute approximate surface area is 114 Å². The lowest BCUT2D eigenvalue weighted by molar-refractivity contribution is -0.140. The molecule has 19 heavy (non-hydrogen) atoms. The van der Waals surface area contributed by atoms with Gasteiger partial charge >= 0.3 is 12.0 Å². The van der Waals surface area contributed by atoms with Crippen molar-refractivity contribution in [3.8, 4) is 0 Å². The number of nitrogens with one attached hydrogen (secondary N) is 2. The Kier molecular flexibility index (Phi) is 9.88. The Morgan fingerprint density at radius 2 is 1.95 bits per heavy atom. The molecule has 2 atom stereocenters. The molecule has 0 fully saturated rings. The Morgan fingerprint density at radius 1 is 1.26 bits per heavy atom. The van der Waals surface area contributed by atoms with Crippen LogP contribution in [0.4, 0.5) is 4.79 Å². The largest absolute Gasteiger partial charge is 0.480 e. The number of ether oxygens (including phenoxy) is 1. The van der Waals surface area contributed by atoms with E-state index in [4.69, 9.17) is 9.84 Å². The van der Waals surface area contributed by atoms with E-state index in [9.17, 15) is 9.59 Å². The minimum absolute atomic E-state index is 0.0926. The van der Waals surface area contributed by atoms with Gasteiger partial charge in [-0.25, -0.2) is 9.59 Å². The van der Waals surface area contributed by atoms with Crippen molar-refractivity contribution in [3.63, 3.8) is 0 Å². The summed E-state index contributed by atoms with van der Waals surface area (Å²) >= 11 is 0. The third-order valence-electron chi connectivity index (χ3n) is 3.08. The van der Waals surface area contributed by atoms with Crippen molar-refractivity contribution in [3.05, 3.63) is 0 Å². The predicted octanol–water partition coefficient (Wildman–Crippen LogP) is 1.60. The van der Waals surface area contributed by atoms with Gasteiger partial charge < -0.3 is 20.5 Å². The maximum absolute atomic E-state index is 11.6. The second kappa shape index (κ2) is 10.6. The number of carboxylic acids is 1. The molecule has 112 valence electrons. The number of amides is 2. The van der Waals surface area contributed by atoms with E-state index in [1.54, 1.807) is 7.11 Å². The number of carbonyl (C=O) groups excluding carboxylic acids is 1. The van der Waals surface area contributed by atoms with Crippen LogP contribution in [0.15, 0.2) is 0 Å². The number of hydrogen-bond donors (Lipinski definition) is 3. The summed E-state index contributed by atoms with van der Waals surface area (Å²) in [5.74, 6) is -1.09. The Bertz CT molecular complexity index is 271. The van der Waals surface area contributed by atoms with Gasteiger partial charge in [0.05, 0.1) is 0 Å². The molecule has 6 heteroatoms. The standard InChI is InChI=1S/C13H26N2O4/c1-4-10(2)11(12(16)17)15-13(18)14-8-6-5-7-9-19-3/h10-11H,4-9H2,1-3H3,(H,16,17)(H2,14,15,18)/t10?,11-/m0/s1. The zero-order valence-corrected chi connectivity index (χ0v) is 12.1. The van der Waals surface area contributed by atoms with Crippen molar-refractivity contribution in [2.24, 2.45) is 5.92 Å². The third kappa shape index (κ3) is 8.42. The molecular formula is C13H26N2O4. The normalized spacial score (nSPS) is 13.6. The van der Waals surface area contributed by atoms with Gasteiger partial charge in [0.15, 0.2) is 0 Å². The van der Waals surface area contributed by atoms with E-state index in [2.05, 4.69) is 10.6 Å². The van der Waals surface area contributed by atoms with Crippen molar-refractivity contribution in [1.29, 1.82) is 0 Å². The molecule has 0 saturated heterocycles. The zero-order chi connectivity index (χ0) is 14.7. The molecule has 0 aromatic heterocycles. The molecule has 2 amide bonds. The average molecular weight is 274 g/mol. The molecule has 0 aliphatic rings. The molecule has 0 aliphatic heterocycles. The summed E-state index contributed by atoms with van der Waals surface area (Å²) in [4.78, 5) is 22.6. The van der Waals surface area contributed by atoms with Gasteiger partial charge in [-0.3, -0.25) is 0 Å². The Balaban J connectivity index is 3.85.